The smallest absolute Gasteiger partial charge is 0.338 e. The summed E-state index contributed by atoms with van der Waals surface area (Å²) >= 11 is 1.03. The van der Waals surface area contributed by atoms with Crippen molar-refractivity contribution in [3.8, 4) is 0 Å². The summed E-state index contributed by atoms with van der Waals surface area (Å²) in [4.78, 5) is 24.4. The van der Waals surface area contributed by atoms with E-state index >= 15 is 0 Å². The largest absolute Gasteiger partial charge is 0.452 e. The van der Waals surface area contributed by atoms with Gasteiger partial charge < -0.3 is 10.1 Å². The number of esters is 1. The summed E-state index contributed by atoms with van der Waals surface area (Å²) in [6.45, 7) is -0.524. The fourth-order valence-corrected chi connectivity index (χ4v) is 4.49. The molecule has 1 aromatic heterocycles. The number of fused-ring (bicyclic) bond motifs is 1. The summed E-state index contributed by atoms with van der Waals surface area (Å²) in [5.41, 5.74) is 1.72. The van der Waals surface area contributed by atoms with E-state index in [1.54, 1.807) is 18.2 Å². The number of nitrogens with one attached hydrogen (secondary N) is 2. The molecule has 2 N–H and O–H groups in total. The van der Waals surface area contributed by atoms with Crippen LogP contribution >= 0.6 is 11.7 Å². The van der Waals surface area contributed by atoms with Crippen molar-refractivity contribution < 1.29 is 22.7 Å². The Morgan fingerprint density at radius 3 is 2.72 bits per heavy atom. The van der Waals surface area contributed by atoms with Crippen LogP contribution in [0.3, 0.4) is 0 Å². The minimum Gasteiger partial charge on any atom is -0.452 e. The average Bonchev–Trinajstić information content (AvgIpc) is 3.37. The molecule has 4 rings (SSSR count). The highest BCUT2D eigenvalue weighted by molar-refractivity contribution is 7.89. The average molecular weight is 432 g/mol. The normalized spacial score (nSPS) is 13.9. The van der Waals surface area contributed by atoms with Crippen LogP contribution in [-0.2, 0) is 19.6 Å². The van der Waals surface area contributed by atoms with E-state index in [1.165, 1.54) is 24.3 Å². The second-order valence-corrected chi connectivity index (χ2v) is 8.73. The van der Waals surface area contributed by atoms with Gasteiger partial charge in [0.15, 0.2) is 6.61 Å². The summed E-state index contributed by atoms with van der Waals surface area (Å²) in [6, 6.07) is 10.6. The van der Waals surface area contributed by atoms with E-state index in [0.717, 1.165) is 24.6 Å². The van der Waals surface area contributed by atoms with Gasteiger partial charge in [0.25, 0.3) is 5.91 Å². The molecule has 1 saturated carbocycles. The molecule has 29 heavy (non-hydrogen) atoms. The van der Waals surface area contributed by atoms with Gasteiger partial charge in [0, 0.05) is 6.04 Å². The van der Waals surface area contributed by atoms with Gasteiger partial charge in [-0.3, -0.25) is 4.79 Å². The first kappa shape index (κ1) is 19.4. The van der Waals surface area contributed by atoms with Crippen molar-refractivity contribution in [2.45, 2.75) is 23.8 Å². The lowest BCUT2D eigenvalue weighted by Crippen LogP contribution is -2.26. The van der Waals surface area contributed by atoms with Crippen molar-refractivity contribution in [3.05, 3.63) is 48.0 Å². The fraction of sp³-hybridized carbons (Fsp3) is 0.222. The molecule has 11 heteroatoms. The molecule has 0 spiro atoms. The van der Waals surface area contributed by atoms with Gasteiger partial charge in [0.05, 0.1) is 27.9 Å². The molecule has 0 aliphatic heterocycles. The summed E-state index contributed by atoms with van der Waals surface area (Å²) in [5, 5.41) is 2.62. The Labute approximate surface area is 170 Å². The first-order valence-corrected chi connectivity index (χ1v) is 10.9. The maximum absolute atomic E-state index is 12.3. The maximum atomic E-state index is 12.3. The second-order valence-electron chi connectivity index (χ2n) is 6.49. The minimum atomic E-state index is -3.69. The monoisotopic (exact) mass is 432 g/mol. The number of carbonyl (C=O) groups excluding carboxylic acids is 2. The van der Waals surface area contributed by atoms with Gasteiger partial charge in [0.1, 0.15) is 11.0 Å². The minimum absolute atomic E-state index is 0.0222. The van der Waals surface area contributed by atoms with Crippen LogP contribution in [0.1, 0.15) is 23.2 Å². The fourth-order valence-electron chi connectivity index (χ4n) is 2.59. The van der Waals surface area contributed by atoms with E-state index in [-0.39, 0.29) is 16.5 Å². The SMILES string of the molecule is O=C(COC(=O)c1cccc(S(=O)(=O)NC2CC2)c1)Nc1cccc2nsnc12. The molecule has 1 aliphatic rings. The Hall–Kier alpha value is -2.89. The summed E-state index contributed by atoms with van der Waals surface area (Å²) in [5.74, 6) is -1.34. The van der Waals surface area contributed by atoms with Gasteiger partial charge in [-0.05, 0) is 43.2 Å². The van der Waals surface area contributed by atoms with Crippen LogP contribution in [0.2, 0.25) is 0 Å². The van der Waals surface area contributed by atoms with Crippen molar-refractivity contribution in [1.29, 1.82) is 0 Å². The topological polar surface area (TPSA) is 127 Å². The number of benzene rings is 2. The molecular formula is C18H16N4O5S2. The number of aromatic nitrogens is 2. The van der Waals surface area contributed by atoms with Gasteiger partial charge in [-0.15, -0.1) is 0 Å². The lowest BCUT2D eigenvalue weighted by atomic mass is 10.2. The quantitative estimate of drug-likeness (QED) is 0.546. The zero-order valence-corrected chi connectivity index (χ0v) is 16.6. The number of hydrogen-bond donors (Lipinski definition) is 2. The molecule has 0 saturated heterocycles. The lowest BCUT2D eigenvalue weighted by molar-refractivity contribution is -0.119. The van der Waals surface area contributed by atoms with Gasteiger partial charge >= 0.3 is 5.97 Å². The van der Waals surface area contributed by atoms with Crippen LogP contribution in [0.4, 0.5) is 5.69 Å². The maximum Gasteiger partial charge on any atom is 0.338 e. The Balaban J connectivity index is 1.38. The van der Waals surface area contributed by atoms with Gasteiger partial charge in [0.2, 0.25) is 10.0 Å². The highest BCUT2D eigenvalue weighted by atomic mass is 32.2. The highest BCUT2D eigenvalue weighted by Crippen LogP contribution is 2.23. The summed E-state index contributed by atoms with van der Waals surface area (Å²) in [7, 11) is -3.69. The van der Waals surface area contributed by atoms with Crippen LogP contribution in [0.25, 0.3) is 11.0 Å². The molecule has 2 aromatic carbocycles. The van der Waals surface area contributed by atoms with Crippen LogP contribution in [0.5, 0.6) is 0 Å². The molecule has 1 fully saturated rings. The summed E-state index contributed by atoms with van der Waals surface area (Å²) < 4.78 is 40.3. The molecular weight excluding hydrogens is 416 g/mol. The van der Waals surface area contributed by atoms with Crippen molar-refractivity contribution >= 4 is 50.3 Å². The number of ether oxygens (including phenoxy) is 1. The molecule has 0 unspecified atom stereocenters. The standard InChI is InChI=1S/C18H16N4O5S2/c23-16(19-14-5-2-6-15-17(14)21-28-20-15)10-27-18(24)11-3-1-4-13(9-11)29(25,26)22-12-7-8-12/h1-6,9,12,22H,7-8,10H2,(H,19,23). The number of anilines is 1. The van der Waals surface area contributed by atoms with Crippen molar-refractivity contribution in [2.75, 3.05) is 11.9 Å². The Bertz CT molecular complexity index is 1190. The van der Waals surface area contributed by atoms with E-state index in [4.69, 9.17) is 4.74 Å². The van der Waals surface area contributed by atoms with Crippen LogP contribution < -0.4 is 10.0 Å². The number of sulfonamides is 1. The number of hydrogen-bond acceptors (Lipinski definition) is 8. The second kappa shape index (κ2) is 7.85. The lowest BCUT2D eigenvalue weighted by Gasteiger charge is -2.09. The van der Waals surface area contributed by atoms with Crippen molar-refractivity contribution in [3.63, 3.8) is 0 Å². The molecule has 1 aliphatic carbocycles. The van der Waals surface area contributed by atoms with E-state index in [0.29, 0.717) is 16.7 Å². The van der Waals surface area contributed by atoms with Crippen LogP contribution in [-0.4, -0.2) is 41.7 Å². The van der Waals surface area contributed by atoms with Gasteiger partial charge in [-0.2, -0.15) is 8.75 Å². The van der Waals surface area contributed by atoms with Gasteiger partial charge in [-0.1, -0.05) is 12.1 Å². The molecule has 1 amide bonds. The van der Waals surface area contributed by atoms with E-state index < -0.39 is 28.5 Å². The zero-order chi connectivity index (χ0) is 20.4. The first-order chi connectivity index (χ1) is 13.9. The third-order valence-electron chi connectivity index (χ3n) is 4.17. The third kappa shape index (κ3) is 4.58. The molecule has 0 bridgehead atoms. The Morgan fingerprint density at radius 1 is 1.14 bits per heavy atom. The van der Waals surface area contributed by atoms with E-state index in [2.05, 4.69) is 18.8 Å². The number of amides is 1. The van der Waals surface area contributed by atoms with Crippen LogP contribution in [0, 0.1) is 0 Å². The summed E-state index contributed by atoms with van der Waals surface area (Å²) in [6.07, 6.45) is 1.61. The number of rotatable bonds is 7. The van der Waals surface area contributed by atoms with E-state index in [1.807, 2.05) is 0 Å². The van der Waals surface area contributed by atoms with Crippen molar-refractivity contribution in [2.24, 2.45) is 0 Å². The zero-order valence-electron chi connectivity index (χ0n) is 15.0. The highest BCUT2D eigenvalue weighted by Gasteiger charge is 2.28. The van der Waals surface area contributed by atoms with E-state index in [9.17, 15) is 18.0 Å². The molecule has 0 radical (unpaired) electrons. The predicted molar refractivity (Wildman–Crippen MR) is 106 cm³/mol. The number of carbonyl (C=O) groups is 2. The molecule has 9 nitrogen and oxygen atoms in total. The molecule has 150 valence electrons. The predicted octanol–water partition coefficient (Wildman–Crippen LogP) is 1.93. The van der Waals surface area contributed by atoms with Gasteiger partial charge in [-0.25, -0.2) is 17.9 Å². The molecule has 1 heterocycles. The number of nitrogens with zero attached hydrogens (tertiary/aromatic N) is 2. The third-order valence-corrected chi connectivity index (χ3v) is 6.23. The molecule has 0 atom stereocenters. The molecule has 3 aromatic rings. The Morgan fingerprint density at radius 2 is 1.93 bits per heavy atom. The first-order valence-electron chi connectivity index (χ1n) is 8.73. The van der Waals surface area contributed by atoms with Crippen molar-refractivity contribution in [1.82, 2.24) is 13.5 Å². The van der Waals surface area contributed by atoms with Crippen LogP contribution in [0.15, 0.2) is 47.4 Å². The Kier molecular flexibility index (Phi) is 5.26.